The molecule has 5 rings (SSSR count). The van der Waals surface area contributed by atoms with E-state index >= 15 is 0 Å². The highest BCUT2D eigenvalue weighted by Gasteiger charge is 2.49. The summed E-state index contributed by atoms with van der Waals surface area (Å²) < 4.78 is 76.2. The summed E-state index contributed by atoms with van der Waals surface area (Å²) in [5.74, 6) is -3.32. The van der Waals surface area contributed by atoms with E-state index in [9.17, 15) is 36.6 Å². The Morgan fingerprint density at radius 1 is 1.33 bits per heavy atom. The molecule has 3 aromatic rings. The van der Waals surface area contributed by atoms with E-state index in [0.717, 1.165) is 17.0 Å². The molecule has 0 aromatic carbocycles. The van der Waals surface area contributed by atoms with Gasteiger partial charge in [-0.3, -0.25) is 18.9 Å². The first-order chi connectivity index (χ1) is 18.4. The number of aliphatic hydroxyl groups is 1. The number of piperidine rings is 1. The maximum absolute atomic E-state index is 14.8. The van der Waals surface area contributed by atoms with E-state index in [0.29, 0.717) is 12.5 Å². The second-order valence-corrected chi connectivity index (χ2v) is 9.18. The molecule has 1 amide bonds. The minimum absolute atomic E-state index is 0.0502. The van der Waals surface area contributed by atoms with E-state index in [1.54, 1.807) is 4.90 Å². The van der Waals surface area contributed by atoms with Crippen LogP contribution in [0.1, 0.15) is 30.1 Å². The number of amides is 1. The van der Waals surface area contributed by atoms with Crippen LogP contribution in [0.25, 0.3) is 16.9 Å². The molecule has 0 aliphatic carbocycles. The molecule has 39 heavy (non-hydrogen) atoms. The fourth-order valence-electron chi connectivity index (χ4n) is 4.46. The number of anilines is 1. The van der Waals surface area contributed by atoms with Crippen molar-refractivity contribution >= 4 is 22.8 Å². The van der Waals surface area contributed by atoms with Crippen LogP contribution < -0.4 is 15.6 Å². The number of hydrogen-bond acceptors (Lipinski definition) is 8. The lowest BCUT2D eigenvalue weighted by Crippen LogP contribution is -2.42. The van der Waals surface area contributed by atoms with Gasteiger partial charge in [0.2, 0.25) is 5.43 Å². The Morgan fingerprint density at radius 2 is 2.10 bits per heavy atom. The predicted octanol–water partition coefficient (Wildman–Crippen LogP) is 2.40. The number of aromatic nitrogens is 3. The van der Waals surface area contributed by atoms with E-state index in [1.807, 2.05) is 0 Å². The first kappa shape index (κ1) is 26.9. The molecule has 2 aliphatic heterocycles. The highest BCUT2D eigenvalue weighted by atomic mass is 19.4. The van der Waals surface area contributed by atoms with Gasteiger partial charge in [-0.05, 0) is 18.6 Å². The Kier molecular flexibility index (Phi) is 6.99. The van der Waals surface area contributed by atoms with Gasteiger partial charge in [0.05, 0.1) is 30.3 Å². The fraction of sp³-hybridized carbons (Fsp3) is 0.417. The van der Waals surface area contributed by atoms with Gasteiger partial charge in [0, 0.05) is 25.2 Å². The number of fused-ring (bicyclic) bond motifs is 2. The molecule has 5 heterocycles. The average Bonchev–Trinajstić information content (AvgIpc) is 3.65. The first-order valence-corrected chi connectivity index (χ1v) is 11.9. The van der Waals surface area contributed by atoms with Crippen molar-refractivity contribution in [3.05, 3.63) is 58.0 Å². The Labute approximate surface area is 217 Å². The summed E-state index contributed by atoms with van der Waals surface area (Å²) in [6.07, 6.45) is -3.96. The molecule has 0 saturated carbocycles. The molecule has 0 radical (unpaired) electrons. The summed E-state index contributed by atoms with van der Waals surface area (Å²) in [4.78, 5) is 36.2. The molecule has 10 nitrogen and oxygen atoms in total. The zero-order chi connectivity index (χ0) is 28.1. The van der Waals surface area contributed by atoms with Gasteiger partial charge in [-0.1, -0.05) is 6.92 Å². The van der Waals surface area contributed by atoms with Gasteiger partial charge in [-0.15, -0.1) is 13.2 Å². The highest BCUT2D eigenvalue weighted by Crippen LogP contribution is 2.37. The van der Waals surface area contributed by atoms with Crippen LogP contribution in [0.2, 0.25) is 0 Å². The second-order valence-electron chi connectivity index (χ2n) is 9.18. The van der Waals surface area contributed by atoms with E-state index in [-0.39, 0.29) is 42.1 Å². The van der Waals surface area contributed by atoms with Gasteiger partial charge in [0.1, 0.15) is 23.3 Å². The van der Waals surface area contributed by atoms with Crippen molar-refractivity contribution in [2.24, 2.45) is 0 Å². The molecular formula is C24H22F5N5O5. The average molecular weight is 555 g/mol. The SMILES string of the molecule is CCC(COC(F)(F)F)NC(=O)c1cn(-c2ncc(F)cc2F)c2nc(N3C[C@@H](O)CC4OC43)ccc2c1=O. The summed E-state index contributed by atoms with van der Waals surface area (Å²) in [7, 11) is 0. The number of epoxide rings is 1. The van der Waals surface area contributed by atoms with Crippen molar-refractivity contribution in [1.82, 2.24) is 19.9 Å². The molecule has 208 valence electrons. The van der Waals surface area contributed by atoms with Crippen molar-refractivity contribution < 1.29 is 41.3 Å². The van der Waals surface area contributed by atoms with Gasteiger partial charge in [0.15, 0.2) is 23.5 Å². The monoisotopic (exact) mass is 555 g/mol. The van der Waals surface area contributed by atoms with Crippen LogP contribution in [0.4, 0.5) is 27.8 Å². The van der Waals surface area contributed by atoms with E-state index in [4.69, 9.17) is 4.74 Å². The number of halogens is 5. The molecule has 2 aliphatic rings. The third-order valence-corrected chi connectivity index (χ3v) is 6.44. The van der Waals surface area contributed by atoms with Crippen molar-refractivity contribution in [1.29, 1.82) is 0 Å². The van der Waals surface area contributed by atoms with Crippen LogP contribution in [0.3, 0.4) is 0 Å². The summed E-state index contributed by atoms with van der Waals surface area (Å²) >= 11 is 0. The Balaban J connectivity index is 1.59. The van der Waals surface area contributed by atoms with E-state index in [2.05, 4.69) is 20.0 Å². The van der Waals surface area contributed by atoms with Crippen LogP contribution in [-0.2, 0) is 9.47 Å². The fourth-order valence-corrected chi connectivity index (χ4v) is 4.46. The number of hydrogen-bond donors (Lipinski definition) is 2. The Hall–Kier alpha value is -3.69. The molecular weight excluding hydrogens is 533 g/mol. The largest absolute Gasteiger partial charge is 0.522 e. The summed E-state index contributed by atoms with van der Waals surface area (Å²) in [6, 6.07) is 2.27. The van der Waals surface area contributed by atoms with E-state index in [1.165, 1.54) is 19.1 Å². The number of ether oxygens (including phenoxy) is 2. The maximum atomic E-state index is 14.8. The number of aliphatic hydroxyl groups excluding tert-OH is 1. The molecule has 3 aromatic heterocycles. The quantitative estimate of drug-likeness (QED) is 0.337. The molecule has 2 fully saturated rings. The Morgan fingerprint density at radius 3 is 2.79 bits per heavy atom. The minimum Gasteiger partial charge on any atom is -0.391 e. The third kappa shape index (κ3) is 5.55. The van der Waals surface area contributed by atoms with Crippen LogP contribution >= 0.6 is 0 Å². The standard InChI is InChI=1S/C24H22F5N5O5/c1-2-12(10-38-24(27,28)29)31-22(37)15-9-34(21-16(26)5-11(25)7-30-21)20-14(19(15)36)3-4-18(32-20)33-8-13(35)6-17-23(33)39-17/h3-5,7,9,12-13,17,23,35H,2,6,8,10H2,1H3,(H,31,37)/t12?,13-,17?,23?/m0/s1. The number of nitrogens with one attached hydrogen (secondary N) is 1. The van der Waals surface area contributed by atoms with Gasteiger partial charge >= 0.3 is 6.36 Å². The number of carbonyl (C=O) groups excluding carboxylic acids is 1. The predicted molar refractivity (Wildman–Crippen MR) is 125 cm³/mol. The number of rotatable bonds is 7. The lowest BCUT2D eigenvalue weighted by molar-refractivity contribution is -0.326. The van der Waals surface area contributed by atoms with Crippen LogP contribution in [0, 0.1) is 11.6 Å². The van der Waals surface area contributed by atoms with Gasteiger partial charge in [0.25, 0.3) is 5.91 Å². The van der Waals surface area contributed by atoms with Gasteiger partial charge in [-0.25, -0.2) is 18.7 Å². The molecule has 3 unspecified atom stereocenters. The molecule has 4 atom stereocenters. The van der Waals surface area contributed by atoms with Gasteiger partial charge in [-0.2, -0.15) is 0 Å². The second kappa shape index (κ2) is 10.1. The molecule has 0 bridgehead atoms. The topological polar surface area (TPSA) is 122 Å². The summed E-state index contributed by atoms with van der Waals surface area (Å²) in [6.45, 7) is 0.808. The normalized spacial score (nSPS) is 21.5. The summed E-state index contributed by atoms with van der Waals surface area (Å²) in [5, 5.41) is 12.3. The van der Waals surface area contributed by atoms with Crippen molar-refractivity contribution in [2.45, 2.75) is 50.6 Å². The lowest BCUT2D eigenvalue weighted by Gasteiger charge is -2.28. The van der Waals surface area contributed by atoms with Crippen LogP contribution in [-0.4, -0.2) is 69.5 Å². The summed E-state index contributed by atoms with van der Waals surface area (Å²) in [5.41, 5.74) is -1.49. The molecule has 2 saturated heterocycles. The minimum atomic E-state index is -4.92. The van der Waals surface area contributed by atoms with Crippen LogP contribution in [0.5, 0.6) is 0 Å². The van der Waals surface area contributed by atoms with Crippen molar-refractivity contribution in [3.63, 3.8) is 0 Å². The first-order valence-electron chi connectivity index (χ1n) is 11.9. The highest BCUT2D eigenvalue weighted by molar-refractivity contribution is 5.97. The smallest absolute Gasteiger partial charge is 0.391 e. The van der Waals surface area contributed by atoms with Gasteiger partial charge < -0.3 is 20.1 Å². The number of β-amino-alcohol motifs (C(OH)–C–C–N with tert-alkyl or cyclic N) is 1. The number of pyridine rings is 3. The van der Waals surface area contributed by atoms with Crippen LogP contribution in [0.15, 0.2) is 35.4 Å². The van der Waals surface area contributed by atoms with Crippen molar-refractivity contribution in [3.8, 4) is 5.82 Å². The lowest BCUT2D eigenvalue weighted by atomic mass is 10.1. The molecule has 15 heteroatoms. The zero-order valence-electron chi connectivity index (χ0n) is 20.3. The third-order valence-electron chi connectivity index (χ3n) is 6.44. The van der Waals surface area contributed by atoms with E-state index < -0.39 is 59.5 Å². The molecule has 2 N–H and O–H groups in total. The number of nitrogens with zero attached hydrogens (tertiary/aromatic N) is 4. The molecule has 0 spiro atoms. The number of alkyl halides is 3. The Bertz CT molecular complexity index is 1480. The maximum Gasteiger partial charge on any atom is 0.522 e. The zero-order valence-corrected chi connectivity index (χ0v) is 20.3. The number of carbonyl (C=O) groups is 1. The van der Waals surface area contributed by atoms with Crippen molar-refractivity contribution in [2.75, 3.05) is 18.1 Å².